The Kier molecular flexibility index (Phi) is 3.65. The monoisotopic (exact) mass is 251 g/mol. The summed E-state index contributed by atoms with van der Waals surface area (Å²) in [5, 5.41) is 3.45. The topological polar surface area (TPSA) is 18.5 Å². The third-order valence-corrected chi connectivity index (χ3v) is 5.38. The van der Waals surface area contributed by atoms with Gasteiger partial charge in [0.05, 0.1) is 0 Å². The average Bonchev–Trinajstić information content (AvgIpc) is 2.31. The Morgan fingerprint density at radius 2 is 1.50 bits per heavy atom. The van der Waals surface area contributed by atoms with Crippen molar-refractivity contribution in [2.75, 3.05) is 39.3 Å². The van der Waals surface area contributed by atoms with Crippen LogP contribution in [-0.4, -0.2) is 61.2 Å². The molecular weight excluding hydrogens is 222 g/mol. The number of rotatable bonds is 2. The second kappa shape index (κ2) is 5.10. The van der Waals surface area contributed by atoms with Gasteiger partial charge in [0.1, 0.15) is 0 Å². The molecule has 3 nitrogen and oxygen atoms in total. The Balaban J connectivity index is 1.42. The van der Waals surface area contributed by atoms with Crippen molar-refractivity contribution < 1.29 is 0 Å². The first kappa shape index (κ1) is 12.9. The Bertz CT molecular complexity index is 267. The molecule has 2 aliphatic heterocycles. The fourth-order valence-electron chi connectivity index (χ4n) is 3.81. The lowest BCUT2D eigenvalue weighted by atomic mass is 9.74. The van der Waals surface area contributed by atoms with Crippen molar-refractivity contribution in [2.24, 2.45) is 5.41 Å². The standard InChI is InChI=1S/C15H29N3/c1-15(2)5-3-13(4-6-15)18-11-14(12-18)17-9-7-16-8-10-17/h13-14,16H,3-12H2,1-2H3. The van der Waals surface area contributed by atoms with Gasteiger partial charge in [0.25, 0.3) is 0 Å². The van der Waals surface area contributed by atoms with Crippen LogP contribution in [0.15, 0.2) is 0 Å². The van der Waals surface area contributed by atoms with E-state index in [1.807, 2.05) is 0 Å². The number of hydrogen-bond acceptors (Lipinski definition) is 3. The molecule has 3 rings (SSSR count). The maximum atomic E-state index is 3.45. The van der Waals surface area contributed by atoms with E-state index < -0.39 is 0 Å². The second-order valence-electron chi connectivity index (χ2n) is 7.29. The first-order chi connectivity index (χ1) is 8.64. The van der Waals surface area contributed by atoms with Crippen molar-refractivity contribution in [3.05, 3.63) is 0 Å². The van der Waals surface area contributed by atoms with E-state index in [0.717, 1.165) is 12.1 Å². The minimum absolute atomic E-state index is 0.610. The molecule has 0 spiro atoms. The summed E-state index contributed by atoms with van der Waals surface area (Å²) < 4.78 is 0. The zero-order valence-corrected chi connectivity index (χ0v) is 12.1. The van der Waals surface area contributed by atoms with Crippen LogP contribution in [0, 0.1) is 5.41 Å². The zero-order valence-electron chi connectivity index (χ0n) is 12.1. The van der Waals surface area contributed by atoms with Gasteiger partial charge in [-0.15, -0.1) is 0 Å². The molecule has 0 unspecified atom stereocenters. The summed E-state index contributed by atoms with van der Waals surface area (Å²) in [5.41, 5.74) is 0.610. The highest BCUT2D eigenvalue weighted by atomic mass is 15.3. The van der Waals surface area contributed by atoms with Gasteiger partial charge >= 0.3 is 0 Å². The fourth-order valence-corrected chi connectivity index (χ4v) is 3.81. The first-order valence-corrected chi connectivity index (χ1v) is 7.83. The molecule has 18 heavy (non-hydrogen) atoms. The largest absolute Gasteiger partial charge is 0.314 e. The van der Waals surface area contributed by atoms with E-state index in [0.29, 0.717) is 5.41 Å². The lowest BCUT2D eigenvalue weighted by Gasteiger charge is -2.52. The van der Waals surface area contributed by atoms with Gasteiger partial charge in [0.2, 0.25) is 0 Å². The molecule has 0 radical (unpaired) electrons. The minimum Gasteiger partial charge on any atom is -0.314 e. The molecule has 0 atom stereocenters. The van der Waals surface area contributed by atoms with E-state index in [1.165, 1.54) is 65.0 Å². The summed E-state index contributed by atoms with van der Waals surface area (Å²) in [6, 6.07) is 1.76. The Morgan fingerprint density at radius 1 is 0.889 bits per heavy atom. The van der Waals surface area contributed by atoms with Gasteiger partial charge in [-0.2, -0.15) is 0 Å². The lowest BCUT2D eigenvalue weighted by molar-refractivity contribution is -0.0197. The van der Waals surface area contributed by atoms with Crippen LogP contribution >= 0.6 is 0 Å². The van der Waals surface area contributed by atoms with Crippen molar-refractivity contribution in [1.29, 1.82) is 0 Å². The molecule has 0 bridgehead atoms. The van der Waals surface area contributed by atoms with Gasteiger partial charge in [-0.3, -0.25) is 9.80 Å². The zero-order chi connectivity index (χ0) is 12.6. The third kappa shape index (κ3) is 2.73. The van der Waals surface area contributed by atoms with Crippen molar-refractivity contribution in [2.45, 2.75) is 51.6 Å². The first-order valence-electron chi connectivity index (χ1n) is 7.83. The smallest absolute Gasteiger partial charge is 0.0351 e. The molecule has 3 fully saturated rings. The third-order valence-electron chi connectivity index (χ3n) is 5.38. The highest BCUT2D eigenvalue weighted by Gasteiger charge is 2.38. The average molecular weight is 251 g/mol. The number of nitrogens with one attached hydrogen (secondary N) is 1. The molecule has 1 aliphatic carbocycles. The van der Waals surface area contributed by atoms with Crippen molar-refractivity contribution >= 4 is 0 Å². The van der Waals surface area contributed by atoms with E-state index in [9.17, 15) is 0 Å². The van der Waals surface area contributed by atoms with Crippen LogP contribution < -0.4 is 5.32 Å². The van der Waals surface area contributed by atoms with Crippen LogP contribution in [0.5, 0.6) is 0 Å². The molecule has 0 aromatic heterocycles. The van der Waals surface area contributed by atoms with Crippen LogP contribution in [0.4, 0.5) is 0 Å². The molecule has 0 aromatic rings. The molecule has 1 saturated carbocycles. The Hall–Kier alpha value is -0.120. The second-order valence-corrected chi connectivity index (χ2v) is 7.29. The molecule has 3 heteroatoms. The summed E-state index contributed by atoms with van der Waals surface area (Å²) in [6.07, 6.45) is 5.71. The minimum atomic E-state index is 0.610. The van der Waals surface area contributed by atoms with Crippen LogP contribution in [0.1, 0.15) is 39.5 Å². The maximum absolute atomic E-state index is 3.45. The number of nitrogens with zero attached hydrogens (tertiary/aromatic N) is 2. The molecular formula is C15H29N3. The molecule has 2 saturated heterocycles. The normalized spacial score (nSPS) is 32.3. The van der Waals surface area contributed by atoms with Crippen molar-refractivity contribution in [1.82, 2.24) is 15.1 Å². The Labute approximate surface area is 112 Å². The van der Waals surface area contributed by atoms with E-state index in [-0.39, 0.29) is 0 Å². The van der Waals surface area contributed by atoms with Gasteiger partial charge in [0.15, 0.2) is 0 Å². The maximum Gasteiger partial charge on any atom is 0.0351 e. The van der Waals surface area contributed by atoms with E-state index in [2.05, 4.69) is 29.0 Å². The van der Waals surface area contributed by atoms with E-state index >= 15 is 0 Å². The van der Waals surface area contributed by atoms with Gasteiger partial charge < -0.3 is 5.32 Å². The number of hydrogen-bond donors (Lipinski definition) is 1. The van der Waals surface area contributed by atoms with Crippen LogP contribution in [0.2, 0.25) is 0 Å². The van der Waals surface area contributed by atoms with Gasteiger partial charge in [-0.1, -0.05) is 13.8 Å². The summed E-state index contributed by atoms with van der Waals surface area (Å²) >= 11 is 0. The SMILES string of the molecule is CC1(C)CCC(N2CC(N3CCNCC3)C2)CC1. The van der Waals surface area contributed by atoms with Crippen molar-refractivity contribution in [3.63, 3.8) is 0 Å². The summed E-state index contributed by atoms with van der Waals surface area (Å²) in [6.45, 7) is 12.4. The molecule has 2 heterocycles. The highest BCUT2D eigenvalue weighted by Crippen LogP contribution is 2.38. The van der Waals surface area contributed by atoms with Crippen LogP contribution in [0.25, 0.3) is 0 Å². The predicted molar refractivity (Wildman–Crippen MR) is 75.8 cm³/mol. The molecule has 0 aromatic carbocycles. The lowest BCUT2D eigenvalue weighted by Crippen LogP contribution is -2.65. The van der Waals surface area contributed by atoms with Gasteiger partial charge in [0, 0.05) is 51.4 Å². The van der Waals surface area contributed by atoms with Crippen molar-refractivity contribution in [3.8, 4) is 0 Å². The predicted octanol–water partition coefficient (Wildman–Crippen LogP) is 1.54. The summed E-state index contributed by atoms with van der Waals surface area (Å²) in [5.74, 6) is 0. The molecule has 1 N–H and O–H groups in total. The highest BCUT2D eigenvalue weighted by molar-refractivity contribution is 4.95. The fraction of sp³-hybridized carbons (Fsp3) is 1.00. The summed E-state index contributed by atoms with van der Waals surface area (Å²) in [7, 11) is 0. The molecule has 104 valence electrons. The number of likely N-dealkylation sites (tertiary alicyclic amines) is 1. The van der Waals surface area contributed by atoms with Crippen LogP contribution in [0.3, 0.4) is 0 Å². The quantitative estimate of drug-likeness (QED) is 0.803. The molecule has 3 aliphatic rings. The number of piperazine rings is 1. The summed E-state index contributed by atoms with van der Waals surface area (Å²) in [4.78, 5) is 5.45. The van der Waals surface area contributed by atoms with E-state index in [4.69, 9.17) is 0 Å². The van der Waals surface area contributed by atoms with Gasteiger partial charge in [-0.05, 0) is 31.1 Å². The Morgan fingerprint density at radius 3 is 2.11 bits per heavy atom. The van der Waals surface area contributed by atoms with Crippen LogP contribution in [-0.2, 0) is 0 Å². The van der Waals surface area contributed by atoms with Gasteiger partial charge in [-0.25, -0.2) is 0 Å². The molecule has 0 amide bonds. The van der Waals surface area contributed by atoms with E-state index in [1.54, 1.807) is 0 Å².